The minimum absolute atomic E-state index is 0.597. The predicted molar refractivity (Wildman–Crippen MR) is 97.2 cm³/mol. The van der Waals surface area contributed by atoms with Crippen LogP contribution >= 0.6 is 11.6 Å². The molecule has 4 rings (SSSR count). The average Bonchev–Trinajstić information content (AvgIpc) is 3.18. The normalized spacial score (nSPS) is 17.0. The first-order valence-corrected chi connectivity index (χ1v) is 8.58. The van der Waals surface area contributed by atoms with Crippen molar-refractivity contribution in [1.29, 1.82) is 0 Å². The Morgan fingerprint density at radius 1 is 1.28 bits per heavy atom. The summed E-state index contributed by atoms with van der Waals surface area (Å²) in [6.45, 7) is 1.37. The van der Waals surface area contributed by atoms with Gasteiger partial charge in [0, 0.05) is 30.9 Å². The van der Waals surface area contributed by atoms with E-state index in [4.69, 9.17) is 16.3 Å². The van der Waals surface area contributed by atoms with Gasteiger partial charge in [-0.3, -0.25) is 10.1 Å². The van der Waals surface area contributed by atoms with Gasteiger partial charge in [-0.2, -0.15) is 5.10 Å². The maximum Gasteiger partial charge on any atom is 0.119 e. The minimum Gasteiger partial charge on any atom is -0.497 e. The number of ether oxygens (including phenoxy) is 1. The Morgan fingerprint density at radius 3 is 2.76 bits per heavy atom. The Labute approximate surface area is 150 Å². The number of anilines is 1. The lowest BCUT2D eigenvalue weighted by Gasteiger charge is -2.39. The molecule has 0 radical (unpaired) electrons. The molecule has 3 heterocycles. The molecule has 1 aliphatic rings. The summed E-state index contributed by atoms with van der Waals surface area (Å²) in [4.78, 5) is 6.61. The van der Waals surface area contributed by atoms with E-state index < -0.39 is 5.60 Å². The summed E-state index contributed by atoms with van der Waals surface area (Å²) in [7, 11) is 1.64. The standard InChI is InChI=1S/C18H19ClN4O2/c1-25-12-2-3-15-13(10-12)17(14(19)11-20-15)23-8-5-18(24,6-9-23)16-4-7-21-22-16/h2-4,7,10-11,24H,5-6,8-9H2,1H3,(H,21,22). The Balaban J connectivity index is 1.68. The van der Waals surface area contributed by atoms with E-state index in [1.807, 2.05) is 24.3 Å². The van der Waals surface area contributed by atoms with Crippen LogP contribution in [0, 0.1) is 0 Å². The quantitative estimate of drug-likeness (QED) is 0.752. The summed E-state index contributed by atoms with van der Waals surface area (Å²) in [6, 6.07) is 7.60. The van der Waals surface area contributed by atoms with Crippen molar-refractivity contribution in [1.82, 2.24) is 15.2 Å². The zero-order valence-electron chi connectivity index (χ0n) is 13.9. The van der Waals surface area contributed by atoms with E-state index in [9.17, 15) is 5.11 Å². The van der Waals surface area contributed by atoms with E-state index in [2.05, 4.69) is 20.1 Å². The van der Waals surface area contributed by atoms with Crippen LogP contribution in [0.1, 0.15) is 18.5 Å². The van der Waals surface area contributed by atoms with Gasteiger partial charge < -0.3 is 14.7 Å². The molecule has 1 aromatic carbocycles. The molecular weight excluding hydrogens is 340 g/mol. The number of piperidine rings is 1. The number of halogens is 1. The fourth-order valence-electron chi connectivity index (χ4n) is 3.47. The number of hydrogen-bond donors (Lipinski definition) is 2. The van der Waals surface area contributed by atoms with Gasteiger partial charge in [0.25, 0.3) is 0 Å². The SMILES string of the molecule is COc1ccc2ncc(Cl)c(N3CCC(O)(c4ccn[nH]4)CC3)c2c1. The van der Waals surface area contributed by atoms with Gasteiger partial charge in [0.05, 0.1) is 29.0 Å². The summed E-state index contributed by atoms with van der Waals surface area (Å²) < 4.78 is 5.35. The van der Waals surface area contributed by atoms with Crippen molar-refractivity contribution in [3.05, 3.63) is 47.4 Å². The number of methoxy groups -OCH3 is 1. The fraction of sp³-hybridized carbons (Fsp3) is 0.333. The zero-order valence-corrected chi connectivity index (χ0v) is 14.6. The van der Waals surface area contributed by atoms with Crippen LogP contribution in [-0.2, 0) is 5.60 Å². The van der Waals surface area contributed by atoms with Gasteiger partial charge in [0.15, 0.2) is 0 Å². The van der Waals surface area contributed by atoms with E-state index in [1.165, 1.54) is 0 Å². The highest BCUT2D eigenvalue weighted by molar-refractivity contribution is 6.34. The van der Waals surface area contributed by atoms with Gasteiger partial charge in [-0.15, -0.1) is 0 Å². The van der Waals surface area contributed by atoms with Crippen molar-refractivity contribution in [3.8, 4) is 5.75 Å². The van der Waals surface area contributed by atoms with E-state index in [-0.39, 0.29) is 0 Å². The highest BCUT2D eigenvalue weighted by atomic mass is 35.5. The second-order valence-electron chi connectivity index (χ2n) is 6.33. The van der Waals surface area contributed by atoms with Crippen LogP contribution in [-0.4, -0.2) is 40.5 Å². The molecule has 25 heavy (non-hydrogen) atoms. The van der Waals surface area contributed by atoms with Crippen LogP contribution in [0.25, 0.3) is 10.9 Å². The third-order valence-electron chi connectivity index (χ3n) is 4.91. The number of rotatable bonds is 3. The largest absolute Gasteiger partial charge is 0.497 e. The van der Waals surface area contributed by atoms with Crippen molar-refractivity contribution >= 4 is 28.2 Å². The molecular formula is C18H19ClN4O2. The number of pyridine rings is 1. The number of nitrogens with one attached hydrogen (secondary N) is 1. The van der Waals surface area contributed by atoms with Gasteiger partial charge in [0.2, 0.25) is 0 Å². The summed E-state index contributed by atoms with van der Waals surface area (Å²) in [6.07, 6.45) is 4.54. The lowest BCUT2D eigenvalue weighted by atomic mass is 9.88. The fourth-order valence-corrected chi connectivity index (χ4v) is 3.74. The third kappa shape index (κ3) is 2.81. The van der Waals surface area contributed by atoms with Crippen molar-refractivity contribution in [3.63, 3.8) is 0 Å². The highest BCUT2D eigenvalue weighted by Gasteiger charge is 2.36. The molecule has 1 fully saturated rings. The van der Waals surface area contributed by atoms with Gasteiger partial charge in [0.1, 0.15) is 11.4 Å². The molecule has 1 aliphatic heterocycles. The number of fused-ring (bicyclic) bond motifs is 1. The van der Waals surface area contributed by atoms with E-state index in [0.717, 1.165) is 28.0 Å². The van der Waals surface area contributed by atoms with Gasteiger partial charge in [-0.1, -0.05) is 11.6 Å². The molecule has 130 valence electrons. The van der Waals surface area contributed by atoms with Crippen LogP contribution in [0.3, 0.4) is 0 Å². The monoisotopic (exact) mass is 358 g/mol. The van der Waals surface area contributed by atoms with Crippen LogP contribution in [0.4, 0.5) is 5.69 Å². The molecule has 1 saturated heterocycles. The number of hydrogen-bond acceptors (Lipinski definition) is 5. The highest BCUT2D eigenvalue weighted by Crippen LogP contribution is 2.39. The minimum atomic E-state index is -0.875. The molecule has 2 N–H and O–H groups in total. The first-order chi connectivity index (χ1) is 12.1. The van der Waals surface area contributed by atoms with Crippen LogP contribution < -0.4 is 9.64 Å². The first-order valence-electron chi connectivity index (χ1n) is 8.20. The van der Waals surface area contributed by atoms with Gasteiger partial charge >= 0.3 is 0 Å². The molecule has 0 atom stereocenters. The maximum atomic E-state index is 10.9. The molecule has 6 nitrogen and oxygen atoms in total. The van der Waals surface area contributed by atoms with Crippen molar-refractivity contribution in [2.24, 2.45) is 0 Å². The maximum absolute atomic E-state index is 10.9. The number of aromatic amines is 1. The Kier molecular flexibility index (Phi) is 4.01. The number of aliphatic hydroxyl groups is 1. The van der Waals surface area contributed by atoms with Gasteiger partial charge in [-0.25, -0.2) is 0 Å². The van der Waals surface area contributed by atoms with Crippen LogP contribution in [0.2, 0.25) is 5.02 Å². The van der Waals surface area contributed by atoms with Crippen molar-refractivity contribution in [2.45, 2.75) is 18.4 Å². The number of nitrogens with zero attached hydrogens (tertiary/aromatic N) is 3. The average molecular weight is 359 g/mol. The second kappa shape index (κ2) is 6.20. The Morgan fingerprint density at radius 2 is 2.08 bits per heavy atom. The van der Waals surface area contributed by atoms with E-state index >= 15 is 0 Å². The lowest BCUT2D eigenvalue weighted by molar-refractivity contribution is 0.00761. The molecule has 0 spiro atoms. The number of aromatic nitrogens is 3. The molecule has 7 heteroatoms. The van der Waals surface area contributed by atoms with Gasteiger partial charge in [-0.05, 0) is 37.1 Å². The molecule has 0 amide bonds. The topological polar surface area (TPSA) is 74.3 Å². The molecule has 0 aliphatic carbocycles. The van der Waals surface area contributed by atoms with E-state index in [1.54, 1.807) is 19.5 Å². The number of benzene rings is 1. The van der Waals surface area contributed by atoms with E-state index in [0.29, 0.717) is 31.0 Å². The summed E-state index contributed by atoms with van der Waals surface area (Å²) >= 11 is 6.48. The van der Waals surface area contributed by atoms with Crippen molar-refractivity contribution < 1.29 is 9.84 Å². The second-order valence-corrected chi connectivity index (χ2v) is 6.73. The Bertz CT molecular complexity index is 889. The summed E-state index contributed by atoms with van der Waals surface area (Å²) in [5.41, 5.74) is 1.70. The molecule has 0 bridgehead atoms. The summed E-state index contributed by atoms with van der Waals surface area (Å²) in [5.74, 6) is 0.767. The molecule has 3 aromatic rings. The number of H-pyrrole nitrogens is 1. The first kappa shape index (κ1) is 16.2. The van der Waals surface area contributed by atoms with Crippen molar-refractivity contribution in [2.75, 3.05) is 25.1 Å². The zero-order chi connectivity index (χ0) is 17.4. The smallest absolute Gasteiger partial charge is 0.119 e. The van der Waals surface area contributed by atoms with Crippen LogP contribution in [0.5, 0.6) is 5.75 Å². The van der Waals surface area contributed by atoms with Crippen LogP contribution in [0.15, 0.2) is 36.7 Å². The molecule has 0 unspecified atom stereocenters. The predicted octanol–water partition coefficient (Wildman–Crippen LogP) is 3.11. The third-order valence-corrected chi connectivity index (χ3v) is 5.19. The lowest BCUT2D eigenvalue weighted by Crippen LogP contribution is -2.43. The Hall–Kier alpha value is -2.31. The molecule has 2 aromatic heterocycles. The molecule has 0 saturated carbocycles. The summed E-state index contributed by atoms with van der Waals surface area (Å²) in [5, 5.41) is 19.3.